The summed E-state index contributed by atoms with van der Waals surface area (Å²) in [5.74, 6) is 1.14. The van der Waals surface area contributed by atoms with Crippen molar-refractivity contribution in [1.82, 2.24) is 0 Å². The Bertz CT molecular complexity index is 341. The van der Waals surface area contributed by atoms with Gasteiger partial charge < -0.3 is 9.47 Å². The maximum atomic E-state index is 5.91. The van der Waals surface area contributed by atoms with Gasteiger partial charge in [0.2, 0.25) is 6.79 Å². The summed E-state index contributed by atoms with van der Waals surface area (Å²) in [6.45, 7) is 0.196. The largest absolute Gasteiger partial charge is 0.453 e. The van der Waals surface area contributed by atoms with E-state index in [4.69, 9.17) is 32.7 Å². The lowest BCUT2D eigenvalue weighted by Crippen LogP contribution is -1.93. The lowest BCUT2D eigenvalue weighted by molar-refractivity contribution is 0.174. The van der Waals surface area contributed by atoms with Crippen LogP contribution >= 0.6 is 39.1 Å². The van der Waals surface area contributed by atoms with Crippen molar-refractivity contribution < 1.29 is 9.47 Å². The second-order valence-electron chi connectivity index (χ2n) is 2.22. The highest BCUT2D eigenvalue weighted by molar-refractivity contribution is 9.10. The molecule has 0 saturated carbocycles. The second-order valence-corrected chi connectivity index (χ2v) is 3.80. The molecule has 2 rings (SSSR count). The van der Waals surface area contributed by atoms with E-state index in [2.05, 4.69) is 15.9 Å². The maximum Gasteiger partial charge on any atom is 0.231 e. The zero-order valence-corrected chi connectivity index (χ0v) is 8.83. The van der Waals surface area contributed by atoms with Gasteiger partial charge in [-0.15, -0.1) is 0 Å². The molecule has 1 aliphatic heterocycles. The van der Waals surface area contributed by atoms with Crippen LogP contribution in [-0.4, -0.2) is 6.79 Å². The lowest BCUT2D eigenvalue weighted by atomic mass is 10.3. The van der Waals surface area contributed by atoms with Crippen molar-refractivity contribution in [2.24, 2.45) is 0 Å². The van der Waals surface area contributed by atoms with Crippen LogP contribution < -0.4 is 9.47 Å². The highest BCUT2D eigenvalue weighted by atomic mass is 79.9. The van der Waals surface area contributed by atoms with Crippen LogP contribution in [0.2, 0.25) is 10.0 Å². The highest BCUT2D eigenvalue weighted by Crippen LogP contribution is 2.46. The maximum absolute atomic E-state index is 5.91. The van der Waals surface area contributed by atoms with E-state index in [1.165, 1.54) is 0 Å². The van der Waals surface area contributed by atoms with E-state index in [1.54, 1.807) is 6.07 Å². The molecule has 0 atom stereocenters. The molecule has 0 N–H and O–H groups in total. The zero-order valence-electron chi connectivity index (χ0n) is 5.73. The van der Waals surface area contributed by atoms with Crippen LogP contribution in [0.1, 0.15) is 0 Å². The summed E-state index contributed by atoms with van der Waals surface area (Å²) in [6, 6.07) is 1.67. The van der Waals surface area contributed by atoms with Crippen LogP contribution in [0.15, 0.2) is 10.5 Å². The normalized spacial score (nSPS) is 13.6. The fourth-order valence-electron chi connectivity index (χ4n) is 0.950. The van der Waals surface area contributed by atoms with E-state index in [9.17, 15) is 0 Å². The lowest BCUT2D eigenvalue weighted by Gasteiger charge is -2.02. The van der Waals surface area contributed by atoms with E-state index >= 15 is 0 Å². The third-order valence-electron chi connectivity index (χ3n) is 1.50. The molecule has 0 fully saturated rings. The van der Waals surface area contributed by atoms with Crippen molar-refractivity contribution in [2.75, 3.05) is 6.79 Å². The summed E-state index contributed by atoms with van der Waals surface area (Å²) in [4.78, 5) is 0. The predicted molar refractivity (Wildman–Crippen MR) is 50.3 cm³/mol. The molecule has 0 bridgehead atoms. The molecule has 0 unspecified atom stereocenters. The fourth-order valence-corrected chi connectivity index (χ4v) is 1.74. The summed E-state index contributed by atoms with van der Waals surface area (Å²) in [5.41, 5.74) is 0. The van der Waals surface area contributed by atoms with E-state index < -0.39 is 0 Å². The minimum Gasteiger partial charge on any atom is -0.453 e. The van der Waals surface area contributed by atoms with Crippen molar-refractivity contribution in [2.45, 2.75) is 0 Å². The summed E-state index contributed by atoms with van der Waals surface area (Å²) < 4.78 is 10.9. The Kier molecular flexibility index (Phi) is 2.10. The van der Waals surface area contributed by atoms with Gasteiger partial charge >= 0.3 is 0 Å². The van der Waals surface area contributed by atoms with Crippen molar-refractivity contribution in [1.29, 1.82) is 0 Å². The number of halogens is 3. The molecule has 12 heavy (non-hydrogen) atoms. The van der Waals surface area contributed by atoms with Gasteiger partial charge in [-0.05, 0) is 15.9 Å². The van der Waals surface area contributed by atoms with Crippen LogP contribution in [-0.2, 0) is 0 Å². The molecule has 64 valence electrons. The average Bonchev–Trinajstić information content (AvgIpc) is 2.48. The first kappa shape index (κ1) is 8.48. The van der Waals surface area contributed by atoms with Crippen LogP contribution in [0.25, 0.3) is 0 Å². The van der Waals surface area contributed by atoms with Gasteiger partial charge in [0.05, 0.1) is 9.50 Å². The van der Waals surface area contributed by atoms with Crippen molar-refractivity contribution in [3.05, 3.63) is 20.6 Å². The Morgan fingerprint density at radius 2 is 2.08 bits per heavy atom. The van der Waals surface area contributed by atoms with Gasteiger partial charge in [0.15, 0.2) is 11.5 Å². The standard InChI is InChI=1S/C7H3BrCl2O2/c8-5-3(9)1-4-7(6(5)10)12-2-11-4/h1H,2H2. The van der Waals surface area contributed by atoms with E-state index in [1.807, 2.05) is 0 Å². The molecule has 0 saturated heterocycles. The van der Waals surface area contributed by atoms with Crippen LogP contribution in [0, 0.1) is 0 Å². The second kappa shape index (κ2) is 2.98. The van der Waals surface area contributed by atoms with Gasteiger partial charge in [0.25, 0.3) is 0 Å². The van der Waals surface area contributed by atoms with Gasteiger partial charge in [-0.2, -0.15) is 0 Å². The van der Waals surface area contributed by atoms with E-state index in [0.717, 1.165) is 0 Å². The first-order valence-corrected chi connectivity index (χ1v) is 4.68. The number of benzene rings is 1. The predicted octanol–water partition coefficient (Wildman–Crippen LogP) is 3.48. The first-order valence-electron chi connectivity index (χ1n) is 3.13. The molecule has 5 heteroatoms. The number of fused-ring (bicyclic) bond motifs is 1. The molecule has 0 amide bonds. The van der Waals surface area contributed by atoms with Crippen LogP contribution in [0.5, 0.6) is 11.5 Å². The monoisotopic (exact) mass is 268 g/mol. The molecule has 0 spiro atoms. The summed E-state index contributed by atoms with van der Waals surface area (Å²) in [6.07, 6.45) is 0. The number of rotatable bonds is 0. The molecule has 1 aliphatic rings. The molecule has 1 aromatic carbocycles. The Morgan fingerprint density at radius 1 is 1.33 bits per heavy atom. The third-order valence-corrected chi connectivity index (χ3v) is 3.44. The summed E-state index contributed by atoms with van der Waals surface area (Å²) in [5, 5.41) is 0.972. The van der Waals surface area contributed by atoms with Gasteiger partial charge in [0.1, 0.15) is 5.02 Å². The molecule has 0 aromatic heterocycles. The number of ether oxygens (including phenoxy) is 2. The molecule has 0 aliphatic carbocycles. The molecule has 0 radical (unpaired) electrons. The molecule has 1 heterocycles. The van der Waals surface area contributed by atoms with E-state index in [-0.39, 0.29) is 6.79 Å². The minimum atomic E-state index is 0.196. The van der Waals surface area contributed by atoms with Crippen molar-refractivity contribution >= 4 is 39.1 Å². The van der Waals surface area contributed by atoms with Gasteiger partial charge in [-0.25, -0.2) is 0 Å². The quantitative estimate of drug-likeness (QED) is 0.672. The van der Waals surface area contributed by atoms with Gasteiger partial charge in [0, 0.05) is 6.07 Å². The number of hydrogen-bond acceptors (Lipinski definition) is 2. The Hall–Kier alpha value is -0.120. The Labute approximate surface area is 87.5 Å². The highest BCUT2D eigenvalue weighted by Gasteiger charge is 2.21. The molecular weight excluding hydrogens is 267 g/mol. The fraction of sp³-hybridized carbons (Fsp3) is 0.143. The third kappa shape index (κ3) is 1.16. The number of hydrogen-bond donors (Lipinski definition) is 0. The SMILES string of the molecule is Clc1cc2c(c(Cl)c1Br)OCO2. The Balaban J connectivity index is 2.67. The first-order chi connectivity index (χ1) is 5.70. The van der Waals surface area contributed by atoms with Gasteiger partial charge in [-0.1, -0.05) is 23.2 Å². The average molecular weight is 270 g/mol. The van der Waals surface area contributed by atoms with Crippen LogP contribution in [0.4, 0.5) is 0 Å². The zero-order chi connectivity index (χ0) is 8.72. The molecule has 1 aromatic rings. The van der Waals surface area contributed by atoms with E-state index in [0.29, 0.717) is 26.0 Å². The minimum absolute atomic E-state index is 0.196. The summed E-state index contributed by atoms with van der Waals surface area (Å²) >= 11 is 15.0. The molecular formula is C7H3BrCl2O2. The molecule has 2 nitrogen and oxygen atoms in total. The smallest absolute Gasteiger partial charge is 0.231 e. The Morgan fingerprint density at radius 3 is 2.83 bits per heavy atom. The topological polar surface area (TPSA) is 18.5 Å². The summed E-state index contributed by atoms with van der Waals surface area (Å²) in [7, 11) is 0. The van der Waals surface area contributed by atoms with Gasteiger partial charge in [-0.3, -0.25) is 0 Å². The van der Waals surface area contributed by atoms with Crippen molar-refractivity contribution in [3.63, 3.8) is 0 Å². The van der Waals surface area contributed by atoms with Crippen LogP contribution in [0.3, 0.4) is 0 Å². The van der Waals surface area contributed by atoms with Crippen molar-refractivity contribution in [3.8, 4) is 11.5 Å².